The molecule has 21 heavy (non-hydrogen) atoms. The predicted molar refractivity (Wildman–Crippen MR) is 90.1 cm³/mol. The highest BCUT2D eigenvalue weighted by Crippen LogP contribution is 2.29. The molecule has 0 bridgehead atoms. The summed E-state index contributed by atoms with van der Waals surface area (Å²) in [5.41, 5.74) is 1.68. The van der Waals surface area contributed by atoms with Crippen molar-refractivity contribution < 1.29 is 8.81 Å². The summed E-state index contributed by atoms with van der Waals surface area (Å²) in [4.78, 5) is 0. The topological polar surface area (TPSA) is 25.2 Å². The maximum atomic E-state index is 13.2. The number of benzene rings is 2. The van der Waals surface area contributed by atoms with E-state index in [0.717, 1.165) is 26.9 Å². The van der Waals surface area contributed by atoms with E-state index >= 15 is 0 Å². The van der Waals surface area contributed by atoms with Gasteiger partial charge in [-0.05, 0) is 65.3 Å². The first-order chi connectivity index (χ1) is 10.0. The third-order valence-electron chi connectivity index (χ3n) is 3.23. The van der Waals surface area contributed by atoms with E-state index < -0.39 is 0 Å². The molecule has 1 N–H and O–H groups in total. The quantitative estimate of drug-likeness (QED) is 0.548. The Morgan fingerprint density at radius 2 is 1.90 bits per heavy atom. The molecule has 1 unspecified atom stereocenters. The molecule has 3 aromatic rings. The van der Waals surface area contributed by atoms with E-state index in [1.807, 2.05) is 31.2 Å². The van der Waals surface area contributed by atoms with E-state index in [1.165, 1.54) is 6.07 Å². The number of fused-ring (bicyclic) bond motifs is 1. The Morgan fingerprint density at radius 3 is 2.67 bits per heavy atom. The van der Waals surface area contributed by atoms with Crippen molar-refractivity contribution in [1.82, 2.24) is 0 Å². The van der Waals surface area contributed by atoms with E-state index in [-0.39, 0.29) is 11.9 Å². The Morgan fingerprint density at radius 1 is 1.10 bits per heavy atom. The standard InChI is InChI=1S/C16H12Br2FNO/c1-9(20-12-3-4-14(19)13(18)8-12)16-7-10-6-11(17)2-5-15(10)21-16/h2-9,20H,1H3. The van der Waals surface area contributed by atoms with Crippen molar-refractivity contribution in [3.05, 3.63) is 63.0 Å². The number of halogens is 3. The highest BCUT2D eigenvalue weighted by Gasteiger charge is 2.12. The SMILES string of the molecule is CC(Nc1ccc(F)c(Br)c1)c1cc2cc(Br)ccc2o1. The Labute approximate surface area is 138 Å². The Bertz CT molecular complexity index is 800. The van der Waals surface area contributed by atoms with Crippen molar-refractivity contribution in [1.29, 1.82) is 0 Å². The maximum Gasteiger partial charge on any atom is 0.137 e. The van der Waals surface area contributed by atoms with Gasteiger partial charge in [0.2, 0.25) is 0 Å². The lowest BCUT2D eigenvalue weighted by molar-refractivity contribution is 0.526. The zero-order chi connectivity index (χ0) is 15.0. The second kappa shape index (κ2) is 5.81. The average Bonchev–Trinajstić information content (AvgIpc) is 2.86. The lowest BCUT2D eigenvalue weighted by Crippen LogP contribution is -2.05. The normalized spacial score (nSPS) is 12.6. The van der Waals surface area contributed by atoms with Crippen LogP contribution in [0.25, 0.3) is 11.0 Å². The zero-order valence-corrected chi connectivity index (χ0v) is 14.3. The molecule has 0 amide bonds. The minimum atomic E-state index is -0.276. The Kier molecular flexibility index (Phi) is 4.04. The molecule has 108 valence electrons. The fourth-order valence-corrected chi connectivity index (χ4v) is 2.91. The summed E-state index contributed by atoms with van der Waals surface area (Å²) < 4.78 is 20.5. The lowest BCUT2D eigenvalue weighted by Gasteiger charge is -2.13. The first-order valence-corrected chi connectivity index (χ1v) is 8.02. The molecule has 0 spiro atoms. The van der Waals surface area contributed by atoms with Crippen molar-refractivity contribution in [3.63, 3.8) is 0 Å². The van der Waals surface area contributed by atoms with Gasteiger partial charge in [0.25, 0.3) is 0 Å². The highest BCUT2D eigenvalue weighted by atomic mass is 79.9. The van der Waals surface area contributed by atoms with Crippen LogP contribution in [0.1, 0.15) is 18.7 Å². The van der Waals surface area contributed by atoms with Gasteiger partial charge in [-0.3, -0.25) is 0 Å². The van der Waals surface area contributed by atoms with Gasteiger partial charge in [-0.15, -0.1) is 0 Å². The van der Waals surface area contributed by atoms with Crippen LogP contribution in [0.3, 0.4) is 0 Å². The molecule has 2 nitrogen and oxygen atoms in total. The van der Waals surface area contributed by atoms with E-state index in [2.05, 4.69) is 37.2 Å². The minimum absolute atomic E-state index is 0.0199. The van der Waals surface area contributed by atoms with Crippen LogP contribution < -0.4 is 5.32 Å². The maximum absolute atomic E-state index is 13.2. The first kappa shape index (κ1) is 14.6. The second-order valence-electron chi connectivity index (χ2n) is 4.83. The Balaban J connectivity index is 1.85. The molecule has 0 saturated carbocycles. The summed E-state index contributed by atoms with van der Waals surface area (Å²) in [5.74, 6) is 0.560. The number of rotatable bonds is 3. The summed E-state index contributed by atoms with van der Waals surface area (Å²) in [6.45, 7) is 2.00. The molecule has 0 radical (unpaired) electrons. The Hall–Kier alpha value is -1.33. The molecular formula is C16H12Br2FNO. The van der Waals surface area contributed by atoms with Gasteiger partial charge in [0.15, 0.2) is 0 Å². The number of anilines is 1. The molecule has 0 fully saturated rings. The third-order valence-corrected chi connectivity index (χ3v) is 4.33. The zero-order valence-electron chi connectivity index (χ0n) is 11.2. The van der Waals surface area contributed by atoms with Crippen LogP contribution in [0.2, 0.25) is 0 Å². The summed E-state index contributed by atoms with van der Waals surface area (Å²) in [6, 6.07) is 12.7. The minimum Gasteiger partial charge on any atom is -0.459 e. The molecule has 1 aromatic heterocycles. The molecule has 0 saturated heterocycles. The highest BCUT2D eigenvalue weighted by molar-refractivity contribution is 9.10. The summed E-state index contributed by atoms with van der Waals surface area (Å²) >= 11 is 6.63. The molecule has 2 aromatic carbocycles. The van der Waals surface area contributed by atoms with Gasteiger partial charge in [-0.25, -0.2) is 4.39 Å². The van der Waals surface area contributed by atoms with Crippen LogP contribution in [0, 0.1) is 5.82 Å². The van der Waals surface area contributed by atoms with Crippen LogP contribution in [0.5, 0.6) is 0 Å². The molecule has 0 aliphatic carbocycles. The van der Waals surface area contributed by atoms with Gasteiger partial charge >= 0.3 is 0 Å². The van der Waals surface area contributed by atoms with Gasteiger partial charge in [0, 0.05) is 15.5 Å². The fraction of sp³-hybridized carbons (Fsp3) is 0.125. The molecule has 5 heteroatoms. The fourth-order valence-electron chi connectivity index (χ4n) is 2.16. The van der Waals surface area contributed by atoms with E-state index in [9.17, 15) is 4.39 Å². The van der Waals surface area contributed by atoms with Crippen LogP contribution in [-0.4, -0.2) is 0 Å². The van der Waals surface area contributed by atoms with Crippen LogP contribution in [0.15, 0.2) is 55.8 Å². The van der Waals surface area contributed by atoms with Crippen molar-refractivity contribution in [2.45, 2.75) is 13.0 Å². The van der Waals surface area contributed by atoms with Crippen molar-refractivity contribution in [3.8, 4) is 0 Å². The van der Waals surface area contributed by atoms with Crippen LogP contribution in [0.4, 0.5) is 10.1 Å². The largest absolute Gasteiger partial charge is 0.459 e. The molecule has 0 aliphatic heterocycles. The number of hydrogen-bond donors (Lipinski definition) is 1. The molecule has 1 heterocycles. The van der Waals surface area contributed by atoms with Gasteiger partial charge in [-0.2, -0.15) is 0 Å². The molecule has 0 aliphatic rings. The summed E-state index contributed by atoms with van der Waals surface area (Å²) in [6.07, 6.45) is 0. The monoisotopic (exact) mass is 411 g/mol. The smallest absolute Gasteiger partial charge is 0.137 e. The van der Waals surface area contributed by atoms with Crippen LogP contribution in [-0.2, 0) is 0 Å². The molecule has 3 rings (SSSR count). The van der Waals surface area contributed by atoms with Gasteiger partial charge in [0.1, 0.15) is 17.2 Å². The van der Waals surface area contributed by atoms with Crippen LogP contribution >= 0.6 is 31.9 Å². The van der Waals surface area contributed by atoms with Crippen molar-refractivity contribution in [2.75, 3.05) is 5.32 Å². The predicted octanol–water partition coefficient (Wildman–Crippen LogP) is 6.27. The number of hydrogen-bond acceptors (Lipinski definition) is 2. The first-order valence-electron chi connectivity index (χ1n) is 6.43. The average molecular weight is 413 g/mol. The van der Waals surface area contributed by atoms with Gasteiger partial charge < -0.3 is 9.73 Å². The summed E-state index contributed by atoms with van der Waals surface area (Å²) in [7, 11) is 0. The van der Waals surface area contributed by atoms with E-state index in [1.54, 1.807) is 12.1 Å². The third kappa shape index (κ3) is 3.14. The van der Waals surface area contributed by atoms with Crippen molar-refractivity contribution >= 4 is 48.5 Å². The van der Waals surface area contributed by atoms with Crippen molar-refractivity contribution in [2.24, 2.45) is 0 Å². The van der Waals surface area contributed by atoms with E-state index in [4.69, 9.17) is 4.42 Å². The second-order valence-corrected chi connectivity index (χ2v) is 6.60. The molecular weight excluding hydrogens is 401 g/mol. The summed E-state index contributed by atoms with van der Waals surface area (Å²) in [5, 5.41) is 4.35. The number of furan rings is 1. The number of nitrogens with one attached hydrogen (secondary N) is 1. The van der Waals surface area contributed by atoms with Gasteiger partial charge in [-0.1, -0.05) is 15.9 Å². The lowest BCUT2D eigenvalue weighted by atomic mass is 10.2. The van der Waals surface area contributed by atoms with E-state index in [0.29, 0.717) is 4.47 Å². The molecule has 1 atom stereocenters. The van der Waals surface area contributed by atoms with Gasteiger partial charge in [0.05, 0.1) is 10.5 Å².